The highest BCUT2D eigenvalue weighted by Crippen LogP contribution is 2.21. The predicted octanol–water partition coefficient (Wildman–Crippen LogP) is 1.43. The van der Waals surface area contributed by atoms with Gasteiger partial charge in [0.2, 0.25) is 0 Å². The molecule has 0 aromatic carbocycles. The Morgan fingerprint density at radius 3 is 2.75 bits per heavy atom. The first-order valence-corrected chi connectivity index (χ1v) is 5.29. The normalized spacial score (nSPS) is 12.7. The van der Waals surface area contributed by atoms with E-state index in [4.69, 9.17) is 0 Å². The van der Waals surface area contributed by atoms with Gasteiger partial charge in [0.25, 0.3) is 0 Å². The highest BCUT2D eigenvalue weighted by molar-refractivity contribution is 5.29. The maximum Gasteiger partial charge on any atom is 0.130 e. The summed E-state index contributed by atoms with van der Waals surface area (Å²) in [6, 6.07) is 2.11. The van der Waals surface area contributed by atoms with Gasteiger partial charge >= 0.3 is 0 Å². The molecule has 0 aliphatic heterocycles. The Hall–Kier alpha value is -1.68. The average Bonchev–Trinajstić information content (AvgIpc) is 2.69. The second-order valence-corrected chi connectivity index (χ2v) is 3.85. The second kappa shape index (κ2) is 4.45. The number of pyridine rings is 1. The van der Waals surface area contributed by atoms with Gasteiger partial charge in [-0.2, -0.15) is 0 Å². The third kappa shape index (κ3) is 1.84. The highest BCUT2D eigenvalue weighted by atomic mass is 15.1. The van der Waals surface area contributed by atoms with Crippen molar-refractivity contribution in [1.82, 2.24) is 19.9 Å². The van der Waals surface area contributed by atoms with Crippen LogP contribution >= 0.6 is 0 Å². The second-order valence-electron chi connectivity index (χ2n) is 3.85. The molecule has 0 saturated heterocycles. The summed E-state index contributed by atoms with van der Waals surface area (Å²) in [6.07, 6.45) is 7.46. The topological polar surface area (TPSA) is 42.7 Å². The number of hydrogen-bond acceptors (Lipinski definition) is 3. The van der Waals surface area contributed by atoms with Crippen LogP contribution in [0.3, 0.4) is 0 Å². The van der Waals surface area contributed by atoms with Crippen LogP contribution in [0.2, 0.25) is 0 Å². The van der Waals surface area contributed by atoms with Crippen molar-refractivity contribution in [3.63, 3.8) is 0 Å². The monoisotopic (exact) mass is 216 g/mol. The van der Waals surface area contributed by atoms with Gasteiger partial charge < -0.3 is 9.88 Å². The van der Waals surface area contributed by atoms with Crippen LogP contribution < -0.4 is 5.32 Å². The van der Waals surface area contributed by atoms with E-state index < -0.39 is 0 Å². The van der Waals surface area contributed by atoms with Gasteiger partial charge in [-0.3, -0.25) is 4.98 Å². The predicted molar refractivity (Wildman–Crippen MR) is 63.1 cm³/mol. The maximum absolute atomic E-state index is 4.38. The molecule has 4 heteroatoms. The van der Waals surface area contributed by atoms with Gasteiger partial charge in [0.05, 0.1) is 6.04 Å². The molecule has 84 valence electrons. The summed E-state index contributed by atoms with van der Waals surface area (Å²) in [5, 5.41) is 3.28. The Balaban J connectivity index is 2.45. The lowest BCUT2D eigenvalue weighted by Gasteiger charge is -2.17. The van der Waals surface area contributed by atoms with E-state index in [2.05, 4.69) is 22.2 Å². The SMILES string of the molecule is CNC(c1cnccc1C)c1nccn1C. The number of aromatic nitrogens is 3. The number of rotatable bonds is 3. The molecular formula is C12H16N4. The van der Waals surface area contributed by atoms with Crippen molar-refractivity contribution in [2.24, 2.45) is 7.05 Å². The molecule has 0 saturated carbocycles. The van der Waals surface area contributed by atoms with Gasteiger partial charge in [-0.25, -0.2) is 4.98 Å². The van der Waals surface area contributed by atoms with Crippen LogP contribution in [0, 0.1) is 6.92 Å². The van der Waals surface area contributed by atoms with Gasteiger partial charge in [0.15, 0.2) is 0 Å². The lowest BCUT2D eigenvalue weighted by molar-refractivity contribution is 0.612. The molecule has 0 aliphatic rings. The third-order valence-electron chi connectivity index (χ3n) is 2.80. The molecule has 2 rings (SSSR count). The van der Waals surface area contributed by atoms with Crippen molar-refractivity contribution >= 4 is 0 Å². The molecule has 0 amide bonds. The van der Waals surface area contributed by atoms with Crippen molar-refractivity contribution in [3.05, 3.63) is 47.8 Å². The van der Waals surface area contributed by atoms with E-state index in [-0.39, 0.29) is 6.04 Å². The summed E-state index contributed by atoms with van der Waals surface area (Å²) in [7, 11) is 3.93. The van der Waals surface area contributed by atoms with Crippen LogP contribution in [-0.4, -0.2) is 21.6 Å². The third-order valence-corrected chi connectivity index (χ3v) is 2.80. The van der Waals surface area contributed by atoms with Crippen LogP contribution in [0.5, 0.6) is 0 Å². The zero-order valence-electron chi connectivity index (χ0n) is 9.81. The van der Waals surface area contributed by atoms with Gasteiger partial charge in [-0.1, -0.05) is 0 Å². The zero-order valence-corrected chi connectivity index (χ0v) is 9.81. The minimum atomic E-state index is 0.0914. The van der Waals surface area contributed by atoms with Crippen LogP contribution in [0.1, 0.15) is 23.0 Å². The van der Waals surface area contributed by atoms with Crippen LogP contribution in [0.25, 0.3) is 0 Å². The number of hydrogen-bond donors (Lipinski definition) is 1. The Morgan fingerprint density at radius 1 is 1.38 bits per heavy atom. The molecule has 0 fully saturated rings. The van der Waals surface area contributed by atoms with E-state index in [1.165, 1.54) is 11.1 Å². The first-order chi connectivity index (χ1) is 7.74. The molecule has 0 spiro atoms. The van der Waals surface area contributed by atoms with E-state index in [1.54, 1.807) is 0 Å². The van der Waals surface area contributed by atoms with E-state index in [9.17, 15) is 0 Å². The Morgan fingerprint density at radius 2 is 2.19 bits per heavy atom. The van der Waals surface area contributed by atoms with Crippen LogP contribution in [-0.2, 0) is 7.05 Å². The van der Waals surface area contributed by atoms with Crippen molar-refractivity contribution in [1.29, 1.82) is 0 Å². The first-order valence-electron chi connectivity index (χ1n) is 5.29. The van der Waals surface area contributed by atoms with Gasteiger partial charge in [-0.05, 0) is 31.2 Å². The van der Waals surface area contributed by atoms with Crippen molar-refractivity contribution in [2.75, 3.05) is 7.05 Å². The molecule has 0 radical (unpaired) electrons. The summed E-state index contributed by atoms with van der Waals surface area (Å²) in [5.74, 6) is 0.999. The fourth-order valence-electron chi connectivity index (χ4n) is 1.86. The molecule has 16 heavy (non-hydrogen) atoms. The first kappa shape index (κ1) is 10.8. The fourth-order valence-corrected chi connectivity index (χ4v) is 1.86. The smallest absolute Gasteiger partial charge is 0.130 e. The minimum Gasteiger partial charge on any atom is -0.336 e. The summed E-state index contributed by atoms with van der Waals surface area (Å²) >= 11 is 0. The summed E-state index contributed by atoms with van der Waals surface area (Å²) < 4.78 is 2.02. The molecule has 1 atom stereocenters. The van der Waals surface area contributed by atoms with E-state index in [0.29, 0.717) is 0 Å². The minimum absolute atomic E-state index is 0.0914. The van der Waals surface area contributed by atoms with Gasteiger partial charge in [-0.15, -0.1) is 0 Å². The standard InChI is InChI=1S/C12H16N4/c1-9-4-5-14-8-10(9)11(13-2)12-15-6-7-16(12)3/h4-8,11,13H,1-3H3. The van der Waals surface area contributed by atoms with Gasteiger partial charge in [0, 0.05) is 31.8 Å². The Kier molecular flexibility index (Phi) is 3.01. The average molecular weight is 216 g/mol. The summed E-state index contributed by atoms with van der Waals surface area (Å²) in [4.78, 5) is 8.55. The Bertz CT molecular complexity index is 475. The fraction of sp³-hybridized carbons (Fsp3) is 0.333. The van der Waals surface area contributed by atoms with Gasteiger partial charge in [0.1, 0.15) is 5.82 Å². The van der Waals surface area contributed by atoms with Crippen molar-refractivity contribution < 1.29 is 0 Å². The van der Waals surface area contributed by atoms with Crippen LogP contribution in [0.15, 0.2) is 30.9 Å². The van der Waals surface area contributed by atoms with Crippen molar-refractivity contribution in [2.45, 2.75) is 13.0 Å². The van der Waals surface area contributed by atoms with Crippen molar-refractivity contribution in [3.8, 4) is 0 Å². The molecule has 2 heterocycles. The lowest BCUT2D eigenvalue weighted by Crippen LogP contribution is -2.22. The molecule has 0 bridgehead atoms. The zero-order chi connectivity index (χ0) is 11.5. The number of nitrogens with zero attached hydrogens (tertiary/aromatic N) is 3. The maximum atomic E-state index is 4.38. The molecule has 4 nitrogen and oxygen atoms in total. The molecule has 1 N–H and O–H groups in total. The number of nitrogens with one attached hydrogen (secondary N) is 1. The molecule has 1 unspecified atom stereocenters. The van der Waals surface area contributed by atoms with E-state index >= 15 is 0 Å². The molecule has 0 aliphatic carbocycles. The summed E-state index contributed by atoms with van der Waals surface area (Å²) in [5.41, 5.74) is 2.39. The largest absolute Gasteiger partial charge is 0.336 e. The molecule has 2 aromatic rings. The Labute approximate surface area is 95.4 Å². The molecule has 2 aromatic heterocycles. The van der Waals surface area contributed by atoms with Crippen LogP contribution in [0.4, 0.5) is 0 Å². The molecular weight excluding hydrogens is 200 g/mol. The van der Waals surface area contributed by atoms with E-state index in [1.807, 2.05) is 49.5 Å². The summed E-state index contributed by atoms with van der Waals surface area (Å²) in [6.45, 7) is 2.09. The quantitative estimate of drug-likeness (QED) is 0.844. The highest BCUT2D eigenvalue weighted by Gasteiger charge is 2.17. The number of imidazole rings is 1. The number of aryl methyl sites for hydroxylation is 2. The van der Waals surface area contributed by atoms with E-state index in [0.717, 1.165) is 5.82 Å². The lowest BCUT2D eigenvalue weighted by atomic mass is 10.0.